The Bertz CT molecular complexity index is 847. The summed E-state index contributed by atoms with van der Waals surface area (Å²) in [6.45, 7) is 0.664. The molecule has 3 rings (SSSR count). The van der Waals surface area contributed by atoms with Gasteiger partial charge in [0.1, 0.15) is 0 Å². The van der Waals surface area contributed by atoms with E-state index in [4.69, 9.17) is 17.3 Å². The molecular formula is C19H24ClN3O3S. The average molecular weight is 410 g/mol. The van der Waals surface area contributed by atoms with E-state index in [2.05, 4.69) is 5.32 Å². The van der Waals surface area contributed by atoms with Gasteiger partial charge >= 0.3 is 0 Å². The van der Waals surface area contributed by atoms with E-state index in [0.29, 0.717) is 29.3 Å². The molecule has 0 spiro atoms. The molecule has 0 bridgehead atoms. The third kappa shape index (κ3) is 4.07. The fourth-order valence-electron chi connectivity index (χ4n) is 3.35. The molecule has 0 aliphatic carbocycles. The first-order valence-corrected chi connectivity index (χ1v) is 10.6. The summed E-state index contributed by atoms with van der Waals surface area (Å²) >= 11 is 6.15. The van der Waals surface area contributed by atoms with Crippen LogP contribution in [0.2, 0.25) is 5.02 Å². The molecule has 146 valence electrons. The smallest absolute Gasteiger partial charge is 0.217 e. The number of benzene rings is 2. The van der Waals surface area contributed by atoms with Crippen LogP contribution in [0.5, 0.6) is 0 Å². The molecule has 1 amide bonds. The second-order valence-corrected chi connectivity index (χ2v) is 9.03. The number of fused-ring (bicyclic) bond motifs is 2. The number of carbonyl (C=O) groups excluding carboxylic acids is 1. The number of hydrogen-bond donors (Lipinski definition) is 4. The lowest BCUT2D eigenvalue weighted by Crippen LogP contribution is -2.24. The number of rotatable bonds is 6. The van der Waals surface area contributed by atoms with Gasteiger partial charge in [-0.15, -0.1) is 0 Å². The molecule has 0 radical (unpaired) electrons. The molecule has 2 aromatic rings. The number of nitrogens with one attached hydrogen (secondary N) is 1. The van der Waals surface area contributed by atoms with Gasteiger partial charge in [-0.2, -0.15) is 0 Å². The first-order chi connectivity index (χ1) is 12.8. The van der Waals surface area contributed by atoms with Gasteiger partial charge < -0.3 is 11.1 Å². The Hall–Kier alpha value is -1.77. The highest BCUT2D eigenvalue weighted by Crippen LogP contribution is 2.59. The van der Waals surface area contributed by atoms with Crippen molar-refractivity contribution in [1.29, 1.82) is 0 Å². The van der Waals surface area contributed by atoms with Crippen molar-refractivity contribution in [2.24, 2.45) is 5.73 Å². The van der Waals surface area contributed by atoms with E-state index in [1.807, 2.05) is 30.3 Å². The van der Waals surface area contributed by atoms with Crippen molar-refractivity contribution in [3.63, 3.8) is 0 Å². The summed E-state index contributed by atoms with van der Waals surface area (Å²) < 4.78 is 23.4. The van der Waals surface area contributed by atoms with Crippen LogP contribution in [0.3, 0.4) is 0 Å². The highest BCUT2D eigenvalue weighted by atomic mass is 35.5. The monoisotopic (exact) mass is 409 g/mol. The van der Waals surface area contributed by atoms with E-state index in [9.17, 15) is 13.9 Å². The maximum Gasteiger partial charge on any atom is 0.217 e. The van der Waals surface area contributed by atoms with Crippen LogP contribution in [0.25, 0.3) is 0 Å². The normalized spacial score (nSPS) is 19.0. The summed E-state index contributed by atoms with van der Waals surface area (Å²) in [5, 5.41) is 3.95. The van der Waals surface area contributed by atoms with Gasteiger partial charge in [0.25, 0.3) is 0 Å². The molecule has 27 heavy (non-hydrogen) atoms. The largest absolute Gasteiger partial charge is 0.370 e. The molecule has 1 aliphatic rings. The maximum absolute atomic E-state index is 11.0. The second kappa shape index (κ2) is 8.08. The zero-order valence-corrected chi connectivity index (χ0v) is 16.6. The molecule has 1 aliphatic heterocycles. The standard InChI is InChI=1S/C19H24ClN3O3S/c1-23-16-7-3-2-6-14(16)19(22-11-5-4-8-18(21)24)15-10-9-13(20)12-17(15)27(23,25)26/h2-3,6-7,9-10,12,19,22,25-26H,4-5,8,11H2,1H3,(H2,21,24). The Labute approximate surface area is 165 Å². The third-order valence-corrected chi connectivity index (χ3v) is 6.89. The first-order valence-electron chi connectivity index (χ1n) is 8.74. The Morgan fingerprint density at radius 2 is 1.96 bits per heavy atom. The summed E-state index contributed by atoms with van der Waals surface area (Å²) in [5.74, 6) is -0.301. The molecule has 1 atom stereocenters. The summed E-state index contributed by atoms with van der Waals surface area (Å²) in [6, 6.07) is 12.6. The number of nitrogens with two attached hydrogens (primary N) is 1. The molecule has 5 N–H and O–H groups in total. The van der Waals surface area contributed by atoms with Crippen molar-refractivity contribution < 1.29 is 13.9 Å². The molecule has 1 heterocycles. The van der Waals surface area contributed by atoms with Gasteiger partial charge in [-0.25, -0.2) is 0 Å². The van der Waals surface area contributed by atoms with E-state index < -0.39 is 10.8 Å². The van der Waals surface area contributed by atoms with Crippen molar-refractivity contribution in [2.45, 2.75) is 30.2 Å². The van der Waals surface area contributed by atoms with Gasteiger partial charge in [0, 0.05) is 18.5 Å². The lowest BCUT2D eigenvalue weighted by Gasteiger charge is -2.41. The minimum Gasteiger partial charge on any atom is -0.370 e. The van der Waals surface area contributed by atoms with Crippen LogP contribution in [0.4, 0.5) is 5.69 Å². The average Bonchev–Trinajstić information content (AvgIpc) is 2.70. The molecule has 0 aromatic heterocycles. The maximum atomic E-state index is 11.0. The topological polar surface area (TPSA) is 98.8 Å². The fourth-order valence-corrected chi connectivity index (χ4v) is 5.10. The third-order valence-electron chi connectivity index (χ3n) is 4.75. The number of primary amides is 1. The summed E-state index contributed by atoms with van der Waals surface area (Å²) in [6.07, 6.45) is 1.86. The number of para-hydroxylation sites is 1. The highest BCUT2D eigenvalue weighted by molar-refractivity contribution is 8.25. The van der Waals surface area contributed by atoms with Gasteiger partial charge in [0.05, 0.1) is 16.6 Å². The minimum atomic E-state index is -3.22. The number of halogens is 1. The first kappa shape index (κ1) is 20.0. The van der Waals surface area contributed by atoms with Crippen LogP contribution in [0.15, 0.2) is 47.4 Å². The van der Waals surface area contributed by atoms with Crippen LogP contribution in [-0.4, -0.2) is 28.6 Å². The summed E-state index contributed by atoms with van der Waals surface area (Å²) in [4.78, 5) is 11.3. The van der Waals surface area contributed by atoms with Gasteiger partial charge in [-0.3, -0.25) is 18.2 Å². The predicted octanol–water partition coefficient (Wildman–Crippen LogP) is 4.15. The van der Waals surface area contributed by atoms with Crippen LogP contribution < -0.4 is 15.4 Å². The zero-order chi connectivity index (χ0) is 19.6. The van der Waals surface area contributed by atoms with Crippen LogP contribution in [0, 0.1) is 0 Å². The molecule has 0 saturated heterocycles. The number of nitrogens with zero attached hydrogens (tertiary/aromatic N) is 1. The van der Waals surface area contributed by atoms with Gasteiger partial charge in [0.2, 0.25) is 5.91 Å². The second-order valence-electron chi connectivity index (χ2n) is 6.57. The quantitative estimate of drug-likeness (QED) is 0.537. The molecule has 0 fully saturated rings. The van der Waals surface area contributed by atoms with Gasteiger partial charge in [-0.1, -0.05) is 46.6 Å². The van der Waals surface area contributed by atoms with Crippen LogP contribution in [0.1, 0.15) is 36.4 Å². The summed E-state index contributed by atoms with van der Waals surface area (Å²) in [5.41, 5.74) is 7.68. The molecule has 1 unspecified atom stereocenters. The van der Waals surface area contributed by atoms with E-state index in [0.717, 1.165) is 23.2 Å². The van der Waals surface area contributed by atoms with E-state index in [-0.39, 0.29) is 11.9 Å². The SMILES string of the molecule is CN1c2ccccc2C(NCCCCC(N)=O)c2ccc(Cl)cc2S1(O)O. The Morgan fingerprint density at radius 3 is 2.70 bits per heavy atom. The Balaban J connectivity index is 1.99. The molecular weight excluding hydrogens is 386 g/mol. The lowest BCUT2D eigenvalue weighted by atomic mass is 9.96. The molecule has 0 saturated carbocycles. The van der Waals surface area contributed by atoms with E-state index in [1.165, 1.54) is 4.31 Å². The highest BCUT2D eigenvalue weighted by Gasteiger charge is 2.35. The predicted molar refractivity (Wildman–Crippen MR) is 110 cm³/mol. The number of carbonyl (C=O) groups is 1. The van der Waals surface area contributed by atoms with Crippen molar-refractivity contribution >= 4 is 34.0 Å². The van der Waals surface area contributed by atoms with Crippen LogP contribution in [-0.2, 0) is 4.79 Å². The van der Waals surface area contributed by atoms with E-state index in [1.54, 1.807) is 19.2 Å². The Morgan fingerprint density at radius 1 is 1.22 bits per heavy atom. The number of hydrogen-bond acceptors (Lipinski definition) is 5. The zero-order valence-electron chi connectivity index (χ0n) is 15.1. The number of amides is 1. The number of anilines is 1. The fraction of sp³-hybridized carbons (Fsp3) is 0.316. The van der Waals surface area contributed by atoms with Crippen molar-refractivity contribution in [2.75, 3.05) is 17.9 Å². The summed E-state index contributed by atoms with van der Waals surface area (Å²) in [7, 11) is -1.55. The van der Waals surface area contributed by atoms with Crippen molar-refractivity contribution in [3.8, 4) is 0 Å². The lowest BCUT2D eigenvalue weighted by molar-refractivity contribution is -0.118. The van der Waals surface area contributed by atoms with Crippen LogP contribution >= 0.6 is 22.4 Å². The molecule has 6 nitrogen and oxygen atoms in total. The van der Waals surface area contributed by atoms with Crippen molar-refractivity contribution in [3.05, 3.63) is 58.6 Å². The minimum absolute atomic E-state index is 0.224. The van der Waals surface area contributed by atoms with E-state index >= 15 is 0 Å². The number of unbranched alkanes of at least 4 members (excludes halogenated alkanes) is 1. The van der Waals surface area contributed by atoms with Gasteiger partial charge in [-0.05, 0) is 48.7 Å². The van der Waals surface area contributed by atoms with Crippen molar-refractivity contribution in [1.82, 2.24) is 5.32 Å². The molecule has 8 heteroatoms. The Kier molecular flexibility index (Phi) is 5.98. The molecule has 2 aromatic carbocycles. The van der Waals surface area contributed by atoms with Gasteiger partial charge in [0.15, 0.2) is 0 Å².